The normalized spacial score (nSPS) is 11.2. The molecule has 0 heterocycles. The molecule has 0 bridgehead atoms. The average molecular weight is 481 g/mol. The minimum absolute atomic E-state index is 0.0791. The highest BCUT2D eigenvalue weighted by Gasteiger charge is 2.24. The quantitative estimate of drug-likeness (QED) is 0.441. The van der Waals surface area contributed by atoms with E-state index in [2.05, 4.69) is 5.32 Å². The molecule has 34 heavy (non-hydrogen) atoms. The molecule has 8 heteroatoms. The SMILES string of the molecule is CCS(=O)(=O)c1ccccc1C(=O)OCC(=O)N(c1ccc(Nc2ccccc2)cc1)C(C)C. The molecule has 7 nitrogen and oxygen atoms in total. The number of anilines is 3. The predicted octanol–water partition coefficient (Wildman–Crippen LogP) is 4.82. The Morgan fingerprint density at radius 3 is 2.09 bits per heavy atom. The van der Waals surface area contributed by atoms with Gasteiger partial charge in [0.15, 0.2) is 16.4 Å². The number of carbonyl (C=O) groups excluding carboxylic acids is 2. The summed E-state index contributed by atoms with van der Waals surface area (Å²) in [5.41, 5.74) is 2.39. The van der Waals surface area contributed by atoms with Gasteiger partial charge in [0, 0.05) is 23.1 Å². The third-order valence-electron chi connectivity index (χ3n) is 5.14. The largest absolute Gasteiger partial charge is 0.452 e. The van der Waals surface area contributed by atoms with Crippen molar-refractivity contribution in [1.29, 1.82) is 0 Å². The third kappa shape index (κ3) is 6.02. The lowest BCUT2D eigenvalue weighted by molar-refractivity contribution is -0.122. The van der Waals surface area contributed by atoms with Crippen molar-refractivity contribution >= 4 is 38.8 Å². The molecule has 0 fully saturated rings. The minimum atomic E-state index is -3.61. The maximum atomic E-state index is 12.9. The molecule has 0 aromatic heterocycles. The Hall–Kier alpha value is -3.65. The average Bonchev–Trinajstić information content (AvgIpc) is 2.84. The van der Waals surface area contributed by atoms with E-state index in [4.69, 9.17) is 4.74 Å². The molecule has 1 N–H and O–H groups in total. The molecule has 0 atom stereocenters. The number of sulfone groups is 1. The second kappa shape index (κ2) is 11.0. The van der Waals surface area contributed by atoms with Gasteiger partial charge in [0.1, 0.15) is 0 Å². The summed E-state index contributed by atoms with van der Waals surface area (Å²) in [5, 5.41) is 3.29. The number of rotatable bonds is 9. The van der Waals surface area contributed by atoms with Crippen LogP contribution in [0.15, 0.2) is 83.8 Å². The predicted molar refractivity (Wildman–Crippen MR) is 133 cm³/mol. The fraction of sp³-hybridized carbons (Fsp3) is 0.231. The summed E-state index contributed by atoms with van der Waals surface area (Å²) in [6.07, 6.45) is 0. The first-order valence-corrected chi connectivity index (χ1v) is 12.6. The van der Waals surface area contributed by atoms with Crippen molar-refractivity contribution in [3.63, 3.8) is 0 Å². The van der Waals surface area contributed by atoms with Crippen molar-refractivity contribution in [2.24, 2.45) is 0 Å². The van der Waals surface area contributed by atoms with Crippen LogP contribution in [-0.2, 0) is 19.4 Å². The summed E-state index contributed by atoms with van der Waals surface area (Å²) in [7, 11) is -3.61. The monoisotopic (exact) mass is 480 g/mol. The van der Waals surface area contributed by atoms with E-state index in [9.17, 15) is 18.0 Å². The van der Waals surface area contributed by atoms with E-state index in [1.54, 1.807) is 12.1 Å². The Bertz CT molecular complexity index is 1240. The molecular weight excluding hydrogens is 452 g/mol. The smallest absolute Gasteiger partial charge is 0.339 e. The van der Waals surface area contributed by atoms with Gasteiger partial charge in [-0.2, -0.15) is 0 Å². The summed E-state index contributed by atoms with van der Waals surface area (Å²) in [4.78, 5) is 27.0. The van der Waals surface area contributed by atoms with Gasteiger partial charge < -0.3 is 15.0 Å². The molecule has 3 aromatic rings. The first-order valence-electron chi connectivity index (χ1n) is 11.0. The Morgan fingerprint density at radius 1 is 0.882 bits per heavy atom. The van der Waals surface area contributed by atoms with Crippen molar-refractivity contribution in [3.05, 3.63) is 84.4 Å². The van der Waals surface area contributed by atoms with Crippen LogP contribution in [-0.4, -0.2) is 38.7 Å². The van der Waals surface area contributed by atoms with Crippen LogP contribution in [0.3, 0.4) is 0 Å². The van der Waals surface area contributed by atoms with Gasteiger partial charge in [-0.3, -0.25) is 4.79 Å². The Kier molecular flexibility index (Phi) is 8.07. The van der Waals surface area contributed by atoms with E-state index in [1.807, 2.05) is 68.4 Å². The van der Waals surface area contributed by atoms with E-state index >= 15 is 0 Å². The summed E-state index contributed by atoms with van der Waals surface area (Å²) in [6.45, 7) is 4.71. The number of para-hydroxylation sites is 1. The van der Waals surface area contributed by atoms with Crippen LogP contribution in [0.25, 0.3) is 0 Å². The zero-order valence-corrected chi connectivity index (χ0v) is 20.2. The highest BCUT2D eigenvalue weighted by atomic mass is 32.2. The number of nitrogens with zero attached hydrogens (tertiary/aromatic N) is 1. The van der Waals surface area contributed by atoms with E-state index in [0.29, 0.717) is 5.69 Å². The lowest BCUT2D eigenvalue weighted by Crippen LogP contribution is -2.40. The topological polar surface area (TPSA) is 92.8 Å². The second-order valence-electron chi connectivity index (χ2n) is 7.87. The number of hydrogen-bond acceptors (Lipinski definition) is 6. The lowest BCUT2D eigenvalue weighted by Gasteiger charge is -2.27. The van der Waals surface area contributed by atoms with Gasteiger partial charge in [-0.1, -0.05) is 37.3 Å². The van der Waals surface area contributed by atoms with Crippen LogP contribution in [0.4, 0.5) is 17.1 Å². The van der Waals surface area contributed by atoms with Crippen LogP contribution in [0.5, 0.6) is 0 Å². The van der Waals surface area contributed by atoms with E-state index in [0.717, 1.165) is 11.4 Å². The first-order chi connectivity index (χ1) is 16.2. The lowest BCUT2D eigenvalue weighted by atomic mass is 10.2. The van der Waals surface area contributed by atoms with Crippen molar-refractivity contribution < 1.29 is 22.7 Å². The van der Waals surface area contributed by atoms with Crippen molar-refractivity contribution in [3.8, 4) is 0 Å². The molecule has 0 spiro atoms. The van der Waals surface area contributed by atoms with Crippen LogP contribution < -0.4 is 10.2 Å². The van der Waals surface area contributed by atoms with Crippen LogP contribution in [0.1, 0.15) is 31.1 Å². The summed E-state index contributed by atoms with van der Waals surface area (Å²) in [6, 6.07) is 22.7. The maximum Gasteiger partial charge on any atom is 0.339 e. The number of hydrogen-bond donors (Lipinski definition) is 1. The minimum Gasteiger partial charge on any atom is -0.452 e. The van der Waals surface area contributed by atoms with Crippen molar-refractivity contribution in [1.82, 2.24) is 0 Å². The van der Waals surface area contributed by atoms with Gasteiger partial charge in [0.2, 0.25) is 0 Å². The summed E-state index contributed by atoms with van der Waals surface area (Å²) < 4.78 is 29.8. The molecule has 1 amide bonds. The summed E-state index contributed by atoms with van der Waals surface area (Å²) >= 11 is 0. The Balaban J connectivity index is 1.71. The highest BCUT2D eigenvalue weighted by Crippen LogP contribution is 2.23. The van der Waals surface area contributed by atoms with Crippen LogP contribution in [0.2, 0.25) is 0 Å². The molecule has 0 unspecified atom stereocenters. The number of esters is 1. The van der Waals surface area contributed by atoms with Gasteiger partial charge in [-0.05, 0) is 62.4 Å². The van der Waals surface area contributed by atoms with Crippen molar-refractivity contribution in [2.45, 2.75) is 31.7 Å². The first kappa shape index (κ1) is 25.0. The number of carbonyl (C=O) groups is 2. The number of ether oxygens (including phenoxy) is 1. The van der Waals surface area contributed by atoms with Crippen LogP contribution in [0, 0.1) is 0 Å². The standard InChI is InChI=1S/C26H28N2O5S/c1-4-34(31,32)24-13-9-8-12-23(24)26(30)33-18-25(29)28(19(2)3)22-16-14-21(15-17-22)27-20-10-6-5-7-11-20/h5-17,19,27H,4,18H2,1-3H3. The van der Waals surface area contributed by atoms with Gasteiger partial charge >= 0.3 is 5.97 Å². The molecule has 0 aliphatic carbocycles. The van der Waals surface area contributed by atoms with Gasteiger partial charge in [0.25, 0.3) is 5.91 Å². The molecule has 0 saturated heterocycles. The third-order valence-corrected chi connectivity index (χ3v) is 6.93. The van der Waals surface area contributed by atoms with Crippen LogP contribution >= 0.6 is 0 Å². The highest BCUT2D eigenvalue weighted by molar-refractivity contribution is 7.91. The molecule has 0 aliphatic rings. The fourth-order valence-electron chi connectivity index (χ4n) is 3.46. The molecular formula is C26H28N2O5S. The molecule has 3 rings (SSSR count). The molecule has 3 aromatic carbocycles. The molecule has 178 valence electrons. The van der Waals surface area contributed by atoms with Crippen molar-refractivity contribution in [2.75, 3.05) is 22.6 Å². The van der Waals surface area contributed by atoms with E-state index in [-0.39, 0.29) is 22.3 Å². The van der Waals surface area contributed by atoms with E-state index < -0.39 is 28.3 Å². The van der Waals surface area contributed by atoms with Gasteiger partial charge in [-0.25, -0.2) is 13.2 Å². The Labute approximate surface area is 200 Å². The molecule has 0 saturated carbocycles. The second-order valence-corrected chi connectivity index (χ2v) is 10.1. The zero-order valence-electron chi connectivity index (χ0n) is 19.4. The zero-order chi connectivity index (χ0) is 24.7. The maximum absolute atomic E-state index is 12.9. The molecule has 0 radical (unpaired) electrons. The fourth-order valence-corrected chi connectivity index (χ4v) is 4.54. The number of benzene rings is 3. The summed E-state index contributed by atoms with van der Waals surface area (Å²) in [5.74, 6) is -1.41. The number of nitrogens with one attached hydrogen (secondary N) is 1. The number of amides is 1. The van der Waals surface area contributed by atoms with E-state index in [1.165, 1.54) is 24.0 Å². The molecule has 0 aliphatic heterocycles. The van der Waals surface area contributed by atoms with Gasteiger partial charge in [0.05, 0.1) is 16.2 Å². The van der Waals surface area contributed by atoms with Gasteiger partial charge in [-0.15, -0.1) is 0 Å². The Morgan fingerprint density at radius 2 is 1.47 bits per heavy atom.